The van der Waals surface area contributed by atoms with Gasteiger partial charge >= 0.3 is 0 Å². The summed E-state index contributed by atoms with van der Waals surface area (Å²) in [4.78, 5) is 32.7. The number of pyridine rings is 1. The van der Waals surface area contributed by atoms with Gasteiger partial charge in [0.2, 0.25) is 6.41 Å². The molecular formula is C36H52N10O5S. The summed E-state index contributed by atoms with van der Waals surface area (Å²) in [5, 5.41) is 20.2. The van der Waals surface area contributed by atoms with Crippen LogP contribution in [0.25, 0.3) is 11.1 Å². The van der Waals surface area contributed by atoms with Gasteiger partial charge in [-0.3, -0.25) is 19.5 Å². The number of sulfone groups is 1. The number of fused-ring (bicyclic) bond motifs is 3. The van der Waals surface area contributed by atoms with Crippen LogP contribution in [-0.2, 0) is 19.4 Å². The molecule has 282 valence electrons. The highest BCUT2D eigenvalue weighted by Crippen LogP contribution is 2.48. The maximum absolute atomic E-state index is 11.3. The average molecular weight is 737 g/mol. The number of carbonyl (C=O) groups excluding carboxylic acids is 2. The van der Waals surface area contributed by atoms with Gasteiger partial charge in [0.15, 0.2) is 9.84 Å². The molecule has 52 heavy (non-hydrogen) atoms. The molecule has 7 N–H and O–H groups in total. The summed E-state index contributed by atoms with van der Waals surface area (Å²) in [5.74, 6) is 0.864. The van der Waals surface area contributed by atoms with Crippen LogP contribution < -0.4 is 27.0 Å². The van der Waals surface area contributed by atoms with E-state index in [1.54, 1.807) is 37.9 Å². The molecule has 1 saturated carbocycles. The monoisotopic (exact) mass is 736 g/mol. The normalized spacial score (nSPS) is 17.1. The molecule has 4 heterocycles. The Balaban J connectivity index is 0.000000297. The number of amides is 1. The molecule has 6 rings (SSSR count). The number of rotatable bonds is 9. The van der Waals surface area contributed by atoms with Gasteiger partial charge in [-0.2, -0.15) is 5.10 Å². The van der Waals surface area contributed by atoms with Gasteiger partial charge in [0.25, 0.3) is 0 Å². The molecule has 1 amide bonds. The number of aromatic nitrogens is 3. The number of likely N-dealkylation sites (tertiary alicyclic amines) is 1. The fourth-order valence-corrected chi connectivity index (χ4v) is 6.32. The van der Waals surface area contributed by atoms with E-state index >= 15 is 0 Å². The minimum absolute atomic E-state index is 0.0497. The number of nitrogens with one attached hydrogen (secondary N) is 2. The fraction of sp³-hybridized carbons (Fsp3) is 0.417. The van der Waals surface area contributed by atoms with E-state index in [1.165, 1.54) is 12.3 Å². The number of carbonyl (C=O) groups is 2. The molecular weight excluding hydrogens is 685 g/mol. The van der Waals surface area contributed by atoms with Gasteiger partial charge in [-0.15, -0.1) is 0 Å². The van der Waals surface area contributed by atoms with Gasteiger partial charge in [0.05, 0.1) is 57.4 Å². The number of aldehydes is 1. The SMILES string of the molecule is CCS(=O)(=O)c1ccnc(C)c1.CN=C(N)/C=C(Nc1cccc2c1N(C)C(C)c1c-2cnn1C1CN(C=O)C1)\C(N)=C/O.CNC.O=CC1CC1. The van der Waals surface area contributed by atoms with Crippen LogP contribution in [0.2, 0.25) is 0 Å². The smallest absolute Gasteiger partial charge is 0.209 e. The second kappa shape index (κ2) is 18.9. The zero-order valence-corrected chi connectivity index (χ0v) is 31.8. The van der Waals surface area contributed by atoms with Crippen molar-refractivity contribution in [2.45, 2.75) is 50.6 Å². The third-order valence-electron chi connectivity index (χ3n) is 8.57. The first-order chi connectivity index (χ1) is 24.8. The first kappa shape index (κ1) is 41.2. The standard InChI is InChI=1S/C22H28N8O2.C8H11NO2S.C4H6O.C2H7N/c1-13-21-16(8-26-30(21)14-9-29(10-14)12-32)15-5-4-6-18(22(15)28(13)3)27-19(17(23)11-31)7-20(24)25-2;1-3-12(10,11)8-4-5-9-7(2)6-8;5-3-4-1-2-4;1-3-2/h4-8,11-14,27,31H,9-10,23H2,1-3H3,(H2,24,25);4-6H,3H2,1-2H3;3-4H,1-2H2;3H,1-2H3/b17-11+,19-7+;;;. The van der Waals surface area contributed by atoms with Crippen LogP contribution in [0.1, 0.15) is 50.2 Å². The van der Waals surface area contributed by atoms with Gasteiger partial charge in [0, 0.05) is 62.2 Å². The van der Waals surface area contributed by atoms with Crippen molar-refractivity contribution in [3.8, 4) is 11.1 Å². The Kier molecular flexibility index (Phi) is 14.9. The summed E-state index contributed by atoms with van der Waals surface area (Å²) in [6, 6.07) is 9.30. The second-order valence-electron chi connectivity index (χ2n) is 12.5. The van der Waals surface area contributed by atoms with Crippen LogP contribution in [0.4, 0.5) is 11.4 Å². The van der Waals surface area contributed by atoms with E-state index in [0.29, 0.717) is 29.6 Å². The lowest BCUT2D eigenvalue weighted by molar-refractivity contribution is -0.123. The fourth-order valence-electron chi connectivity index (χ4n) is 5.36. The lowest BCUT2D eigenvalue weighted by Crippen LogP contribution is -2.48. The summed E-state index contributed by atoms with van der Waals surface area (Å²) in [5.41, 5.74) is 18.2. The topological polar surface area (TPSA) is 214 Å². The molecule has 2 aliphatic heterocycles. The maximum atomic E-state index is 11.3. The lowest BCUT2D eigenvalue weighted by Gasteiger charge is -2.41. The molecule has 2 fully saturated rings. The zero-order chi connectivity index (χ0) is 38.6. The minimum atomic E-state index is -3.06. The number of aliphatic hydroxyl groups is 1. The molecule has 1 atom stereocenters. The molecule has 3 aliphatic rings. The van der Waals surface area contributed by atoms with Crippen LogP contribution in [-0.4, -0.2) is 98.8 Å². The highest BCUT2D eigenvalue weighted by Gasteiger charge is 2.36. The molecule has 2 aromatic heterocycles. The highest BCUT2D eigenvalue weighted by atomic mass is 32.2. The van der Waals surface area contributed by atoms with Gasteiger partial charge in [0.1, 0.15) is 18.4 Å². The molecule has 0 spiro atoms. The number of benzene rings is 1. The molecule has 1 unspecified atom stereocenters. The number of nitrogens with zero attached hydrogens (tertiary/aromatic N) is 6. The quantitative estimate of drug-likeness (QED) is 0.0704. The Morgan fingerprint density at radius 2 is 1.81 bits per heavy atom. The first-order valence-corrected chi connectivity index (χ1v) is 18.6. The van der Waals surface area contributed by atoms with Crippen molar-refractivity contribution < 1.29 is 23.1 Å². The van der Waals surface area contributed by atoms with Crippen LogP contribution in [0.3, 0.4) is 0 Å². The number of nitrogens with two attached hydrogens (primary N) is 2. The molecule has 0 radical (unpaired) electrons. The van der Waals surface area contributed by atoms with Crippen molar-refractivity contribution >= 4 is 39.7 Å². The van der Waals surface area contributed by atoms with Crippen molar-refractivity contribution in [1.82, 2.24) is 25.0 Å². The molecule has 1 aliphatic carbocycles. The Hall–Kier alpha value is -5.22. The predicted molar refractivity (Wildman–Crippen MR) is 206 cm³/mol. The molecule has 0 bridgehead atoms. The number of para-hydroxylation sites is 1. The van der Waals surface area contributed by atoms with Crippen LogP contribution in [0, 0.1) is 12.8 Å². The highest BCUT2D eigenvalue weighted by molar-refractivity contribution is 7.91. The van der Waals surface area contributed by atoms with Crippen molar-refractivity contribution in [1.29, 1.82) is 0 Å². The van der Waals surface area contributed by atoms with Gasteiger partial charge in [-0.05, 0) is 59.0 Å². The van der Waals surface area contributed by atoms with E-state index in [1.807, 2.05) is 39.5 Å². The number of aliphatic hydroxyl groups excluding tert-OH is 1. The van der Waals surface area contributed by atoms with Crippen LogP contribution in [0.15, 0.2) is 76.3 Å². The number of aryl methyl sites for hydroxylation is 1. The largest absolute Gasteiger partial charge is 0.513 e. The molecule has 3 aromatic rings. The second-order valence-corrected chi connectivity index (χ2v) is 14.8. The number of aliphatic imine (C=N–C) groups is 1. The zero-order valence-electron chi connectivity index (χ0n) is 30.9. The first-order valence-electron chi connectivity index (χ1n) is 16.9. The van der Waals surface area contributed by atoms with Gasteiger partial charge < -0.3 is 41.8 Å². The predicted octanol–water partition coefficient (Wildman–Crippen LogP) is 3.33. The van der Waals surface area contributed by atoms with Crippen LogP contribution >= 0.6 is 0 Å². The lowest BCUT2D eigenvalue weighted by atomic mass is 9.93. The Morgan fingerprint density at radius 1 is 1.13 bits per heavy atom. The van der Waals surface area contributed by atoms with Crippen LogP contribution in [0.5, 0.6) is 0 Å². The summed E-state index contributed by atoms with van der Waals surface area (Å²) in [6.07, 6.45) is 10.00. The number of anilines is 2. The molecule has 1 aromatic carbocycles. The Morgan fingerprint density at radius 3 is 2.33 bits per heavy atom. The van der Waals surface area contributed by atoms with E-state index in [-0.39, 0.29) is 29.4 Å². The third-order valence-corrected chi connectivity index (χ3v) is 10.3. The summed E-state index contributed by atoms with van der Waals surface area (Å²) >= 11 is 0. The van der Waals surface area contributed by atoms with E-state index in [2.05, 4.69) is 48.3 Å². The third kappa shape index (κ3) is 10.2. The number of hydrogen-bond donors (Lipinski definition) is 5. The van der Waals surface area contributed by atoms with Gasteiger partial charge in [-0.1, -0.05) is 19.1 Å². The Bertz CT molecular complexity index is 1880. The Labute approximate surface area is 306 Å². The van der Waals surface area contributed by atoms with E-state index in [9.17, 15) is 23.1 Å². The average Bonchev–Trinajstić information content (AvgIpc) is 3.87. The van der Waals surface area contributed by atoms with Gasteiger partial charge in [-0.25, -0.2) is 8.42 Å². The van der Waals surface area contributed by atoms with Crippen molar-refractivity contribution in [3.63, 3.8) is 0 Å². The molecule has 16 heteroatoms. The molecule has 15 nitrogen and oxygen atoms in total. The van der Waals surface area contributed by atoms with E-state index in [4.69, 9.17) is 11.5 Å². The summed E-state index contributed by atoms with van der Waals surface area (Å²) in [7, 11) is 4.30. The summed E-state index contributed by atoms with van der Waals surface area (Å²) < 4.78 is 24.7. The number of amidine groups is 1. The van der Waals surface area contributed by atoms with Crippen molar-refractivity contribution in [2.75, 3.05) is 57.2 Å². The summed E-state index contributed by atoms with van der Waals surface area (Å²) in [6.45, 7) is 6.88. The molecule has 1 saturated heterocycles. The minimum Gasteiger partial charge on any atom is -0.513 e. The number of hydrogen-bond acceptors (Lipinski definition) is 12. The van der Waals surface area contributed by atoms with Crippen molar-refractivity contribution in [3.05, 3.63) is 77.8 Å². The van der Waals surface area contributed by atoms with Crippen molar-refractivity contribution in [2.24, 2.45) is 22.4 Å². The van der Waals surface area contributed by atoms with E-state index in [0.717, 1.165) is 65.7 Å². The van der Waals surface area contributed by atoms with E-state index < -0.39 is 9.84 Å². The maximum Gasteiger partial charge on any atom is 0.209 e.